The third-order valence-electron chi connectivity index (χ3n) is 2.72. The fourth-order valence-electron chi connectivity index (χ4n) is 1.93. The average molecular weight is 195 g/mol. The molecule has 1 saturated heterocycles. The molecule has 76 valence electrons. The molecule has 0 aromatic heterocycles. The highest BCUT2D eigenvalue weighted by atomic mass is 19.1. The number of hydrogen-bond donors (Lipinski definition) is 1. The van der Waals surface area contributed by atoms with Crippen molar-refractivity contribution in [1.82, 2.24) is 5.32 Å². The molecule has 0 radical (unpaired) electrons. The van der Waals surface area contributed by atoms with Crippen LogP contribution in [0.25, 0.3) is 0 Å². The lowest BCUT2D eigenvalue weighted by Gasteiger charge is -2.42. The number of benzene rings is 1. The Morgan fingerprint density at radius 1 is 1.43 bits per heavy atom. The van der Waals surface area contributed by atoms with Crippen LogP contribution in [0.15, 0.2) is 24.3 Å². The number of nitrogens with one attached hydrogen (secondary N) is 1. The van der Waals surface area contributed by atoms with Crippen LogP contribution >= 0.6 is 0 Å². The molecule has 0 saturated carbocycles. The SMILES string of the molecule is CNCC1(c2ccccc2F)COC1. The Balaban J connectivity index is 2.32. The molecule has 3 heteroatoms. The topological polar surface area (TPSA) is 21.3 Å². The normalized spacial score (nSPS) is 19.0. The maximum Gasteiger partial charge on any atom is 0.127 e. The number of likely N-dealkylation sites (N-methyl/N-ethyl adjacent to an activating group) is 1. The van der Waals surface area contributed by atoms with Crippen LogP contribution in [-0.4, -0.2) is 26.8 Å². The Morgan fingerprint density at radius 2 is 2.14 bits per heavy atom. The van der Waals surface area contributed by atoms with E-state index in [2.05, 4.69) is 5.32 Å². The molecule has 1 aliphatic heterocycles. The van der Waals surface area contributed by atoms with E-state index in [1.807, 2.05) is 19.2 Å². The van der Waals surface area contributed by atoms with Gasteiger partial charge in [0, 0.05) is 6.54 Å². The Hall–Kier alpha value is -0.930. The summed E-state index contributed by atoms with van der Waals surface area (Å²) < 4.78 is 18.7. The number of rotatable bonds is 3. The smallest absolute Gasteiger partial charge is 0.127 e. The van der Waals surface area contributed by atoms with Crippen LogP contribution in [0.1, 0.15) is 5.56 Å². The van der Waals surface area contributed by atoms with Gasteiger partial charge >= 0.3 is 0 Å². The molecule has 0 spiro atoms. The minimum Gasteiger partial charge on any atom is -0.379 e. The fraction of sp³-hybridized carbons (Fsp3) is 0.455. The van der Waals surface area contributed by atoms with Gasteiger partial charge in [0.05, 0.1) is 18.6 Å². The van der Waals surface area contributed by atoms with Crippen LogP contribution in [0.4, 0.5) is 4.39 Å². The van der Waals surface area contributed by atoms with Crippen LogP contribution in [0.5, 0.6) is 0 Å². The zero-order valence-corrected chi connectivity index (χ0v) is 8.22. The molecule has 1 aliphatic rings. The lowest BCUT2D eigenvalue weighted by Crippen LogP contribution is -2.53. The molecule has 1 heterocycles. The quantitative estimate of drug-likeness (QED) is 0.785. The van der Waals surface area contributed by atoms with Gasteiger partial charge in [-0.3, -0.25) is 0 Å². The molecule has 0 bridgehead atoms. The molecule has 1 fully saturated rings. The molecule has 14 heavy (non-hydrogen) atoms. The summed E-state index contributed by atoms with van der Waals surface area (Å²) >= 11 is 0. The largest absolute Gasteiger partial charge is 0.379 e. The number of ether oxygens (including phenoxy) is 1. The molecule has 1 aromatic carbocycles. The van der Waals surface area contributed by atoms with Gasteiger partial charge in [-0.15, -0.1) is 0 Å². The van der Waals surface area contributed by atoms with E-state index in [4.69, 9.17) is 4.74 Å². The van der Waals surface area contributed by atoms with Crippen LogP contribution in [0.3, 0.4) is 0 Å². The molecule has 0 unspecified atom stereocenters. The van der Waals surface area contributed by atoms with Crippen LogP contribution < -0.4 is 5.32 Å². The van der Waals surface area contributed by atoms with E-state index in [1.54, 1.807) is 6.07 Å². The van der Waals surface area contributed by atoms with Crippen LogP contribution in [0.2, 0.25) is 0 Å². The molecule has 0 amide bonds. The molecule has 2 rings (SSSR count). The van der Waals surface area contributed by atoms with Gasteiger partial charge in [-0.05, 0) is 18.7 Å². The summed E-state index contributed by atoms with van der Waals surface area (Å²) in [7, 11) is 1.88. The number of hydrogen-bond acceptors (Lipinski definition) is 2. The third kappa shape index (κ3) is 1.42. The molecule has 2 nitrogen and oxygen atoms in total. The third-order valence-corrected chi connectivity index (χ3v) is 2.72. The van der Waals surface area contributed by atoms with Gasteiger partial charge in [0.25, 0.3) is 0 Å². The van der Waals surface area contributed by atoms with Gasteiger partial charge < -0.3 is 10.1 Å². The summed E-state index contributed by atoms with van der Waals surface area (Å²) in [6.07, 6.45) is 0. The zero-order chi connectivity index (χ0) is 10.0. The van der Waals surface area contributed by atoms with E-state index in [-0.39, 0.29) is 11.2 Å². The van der Waals surface area contributed by atoms with Crippen molar-refractivity contribution in [2.45, 2.75) is 5.41 Å². The summed E-state index contributed by atoms with van der Waals surface area (Å²) in [5, 5.41) is 3.09. The first-order valence-electron chi connectivity index (χ1n) is 4.76. The maximum atomic E-state index is 13.5. The van der Waals surface area contributed by atoms with E-state index in [1.165, 1.54) is 6.07 Å². The highest BCUT2D eigenvalue weighted by Gasteiger charge is 2.41. The number of halogens is 1. The van der Waals surface area contributed by atoms with Gasteiger partial charge in [0.1, 0.15) is 5.82 Å². The predicted octanol–water partition coefficient (Wildman–Crippen LogP) is 1.31. The minimum atomic E-state index is -0.153. The van der Waals surface area contributed by atoms with Crippen molar-refractivity contribution in [1.29, 1.82) is 0 Å². The highest BCUT2D eigenvalue weighted by molar-refractivity contribution is 5.30. The van der Waals surface area contributed by atoms with Gasteiger partial charge in [0.2, 0.25) is 0 Å². The van der Waals surface area contributed by atoms with E-state index in [0.29, 0.717) is 13.2 Å². The molecular formula is C11H14FNO. The lowest BCUT2D eigenvalue weighted by molar-refractivity contribution is -0.0598. The van der Waals surface area contributed by atoms with Crippen molar-refractivity contribution in [3.8, 4) is 0 Å². The summed E-state index contributed by atoms with van der Waals surface area (Å²) in [4.78, 5) is 0. The van der Waals surface area contributed by atoms with Crippen LogP contribution in [-0.2, 0) is 10.2 Å². The first-order chi connectivity index (χ1) is 6.78. The van der Waals surface area contributed by atoms with Crippen molar-refractivity contribution < 1.29 is 9.13 Å². The Labute approximate surface area is 83.1 Å². The molecular weight excluding hydrogens is 181 g/mol. The highest BCUT2D eigenvalue weighted by Crippen LogP contribution is 2.33. The van der Waals surface area contributed by atoms with Gasteiger partial charge in [-0.25, -0.2) is 4.39 Å². The standard InChI is InChI=1S/C11H14FNO/c1-13-6-11(7-14-8-11)9-4-2-3-5-10(9)12/h2-5,13H,6-8H2,1H3. The second kappa shape index (κ2) is 3.67. The second-order valence-corrected chi connectivity index (χ2v) is 3.78. The predicted molar refractivity (Wildman–Crippen MR) is 52.8 cm³/mol. The summed E-state index contributed by atoms with van der Waals surface area (Å²) in [5.41, 5.74) is 0.612. The monoisotopic (exact) mass is 195 g/mol. The summed E-state index contributed by atoms with van der Waals surface area (Å²) in [6, 6.07) is 6.93. The van der Waals surface area contributed by atoms with E-state index >= 15 is 0 Å². The van der Waals surface area contributed by atoms with Crippen molar-refractivity contribution >= 4 is 0 Å². The van der Waals surface area contributed by atoms with Crippen molar-refractivity contribution in [3.63, 3.8) is 0 Å². The van der Waals surface area contributed by atoms with E-state index < -0.39 is 0 Å². The van der Waals surface area contributed by atoms with Crippen molar-refractivity contribution in [2.24, 2.45) is 0 Å². The summed E-state index contributed by atoms with van der Waals surface area (Å²) in [5.74, 6) is -0.133. The molecule has 0 aliphatic carbocycles. The minimum absolute atomic E-state index is 0.133. The zero-order valence-electron chi connectivity index (χ0n) is 8.22. The van der Waals surface area contributed by atoms with Gasteiger partial charge in [-0.1, -0.05) is 18.2 Å². The Kier molecular flexibility index (Phi) is 2.52. The second-order valence-electron chi connectivity index (χ2n) is 3.78. The first-order valence-corrected chi connectivity index (χ1v) is 4.76. The molecule has 1 aromatic rings. The van der Waals surface area contributed by atoms with Gasteiger partial charge in [-0.2, -0.15) is 0 Å². The summed E-state index contributed by atoms with van der Waals surface area (Å²) in [6.45, 7) is 1.97. The Bertz CT molecular complexity index is 323. The Morgan fingerprint density at radius 3 is 2.64 bits per heavy atom. The van der Waals surface area contributed by atoms with Crippen molar-refractivity contribution in [2.75, 3.05) is 26.8 Å². The van der Waals surface area contributed by atoms with Gasteiger partial charge in [0.15, 0.2) is 0 Å². The maximum absolute atomic E-state index is 13.5. The fourth-order valence-corrected chi connectivity index (χ4v) is 1.93. The van der Waals surface area contributed by atoms with E-state index in [9.17, 15) is 4.39 Å². The average Bonchev–Trinajstić information content (AvgIpc) is 2.13. The lowest BCUT2D eigenvalue weighted by atomic mass is 9.78. The molecule has 1 N–H and O–H groups in total. The first kappa shape index (κ1) is 9.62. The molecule has 0 atom stereocenters. The van der Waals surface area contributed by atoms with Crippen LogP contribution in [0, 0.1) is 5.82 Å². The van der Waals surface area contributed by atoms with Crippen molar-refractivity contribution in [3.05, 3.63) is 35.6 Å². The van der Waals surface area contributed by atoms with E-state index in [0.717, 1.165) is 12.1 Å².